The SMILES string of the molecule is CCN1CCCCC1CN=C(N)N1CCCCCC1.I. The first kappa shape index (κ1) is 18.0. The maximum Gasteiger partial charge on any atom is 0.191 e. The summed E-state index contributed by atoms with van der Waals surface area (Å²) in [7, 11) is 0. The highest BCUT2D eigenvalue weighted by Gasteiger charge is 2.20. The van der Waals surface area contributed by atoms with Gasteiger partial charge in [0.1, 0.15) is 0 Å². The van der Waals surface area contributed by atoms with Crippen molar-refractivity contribution in [2.45, 2.75) is 57.9 Å². The van der Waals surface area contributed by atoms with Gasteiger partial charge in [0.2, 0.25) is 0 Å². The number of nitrogens with two attached hydrogens (primary N) is 1. The third kappa shape index (κ3) is 5.39. The van der Waals surface area contributed by atoms with Crippen LogP contribution in [0, 0.1) is 0 Å². The van der Waals surface area contributed by atoms with Crippen molar-refractivity contribution in [3.8, 4) is 0 Å². The van der Waals surface area contributed by atoms with Crippen LogP contribution in [0.5, 0.6) is 0 Å². The lowest BCUT2D eigenvalue weighted by Gasteiger charge is -2.34. The summed E-state index contributed by atoms with van der Waals surface area (Å²) in [5.41, 5.74) is 6.18. The highest BCUT2D eigenvalue weighted by atomic mass is 127. The average Bonchev–Trinajstić information content (AvgIpc) is 2.74. The smallest absolute Gasteiger partial charge is 0.191 e. The molecule has 118 valence electrons. The van der Waals surface area contributed by atoms with Crippen LogP contribution in [0.4, 0.5) is 0 Å². The highest BCUT2D eigenvalue weighted by Crippen LogP contribution is 2.17. The zero-order valence-electron chi connectivity index (χ0n) is 12.9. The number of rotatable bonds is 3. The monoisotopic (exact) mass is 394 g/mol. The highest BCUT2D eigenvalue weighted by molar-refractivity contribution is 14.0. The summed E-state index contributed by atoms with van der Waals surface area (Å²) >= 11 is 0. The van der Waals surface area contributed by atoms with E-state index in [9.17, 15) is 0 Å². The molecule has 2 aliphatic rings. The molecule has 1 unspecified atom stereocenters. The molecule has 0 aromatic carbocycles. The van der Waals surface area contributed by atoms with Gasteiger partial charge in [0, 0.05) is 19.1 Å². The molecule has 20 heavy (non-hydrogen) atoms. The number of nitrogens with zero attached hydrogens (tertiary/aromatic N) is 3. The summed E-state index contributed by atoms with van der Waals surface area (Å²) in [5.74, 6) is 0.781. The average molecular weight is 394 g/mol. The Bertz CT molecular complexity index is 288. The van der Waals surface area contributed by atoms with Crippen molar-refractivity contribution in [3.05, 3.63) is 0 Å². The van der Waals surface area contributed by atoms with Crippen molar-refractivity contribution >= 4 is 29.9 Å². The minimum absolute atomic E-state index is 0. The summed E-state index contributed by atoms with van der Waals surface area (Å²) in [6.45, 7) is 7.70. The molecule has 2 rings (SSSR count). The summed E-state index contributed by atoms with van der Waals surface area (Å²) in [5, 5.41) is 0. The first-order valence-corrected chi connectivity index (χ1v) is 8.10. The second kappa shape index (κ2) is 9.82. The van der Waals surface area contributed by atoms with E-state index < -0.39 is 0 Å². The Labute approximate surface area is 141 Å². The topological polar surface area (TPSA) is 44.9 Å². The van der Waals surface area contributed by atoms with E-state index in [1.54, 1.807) is 0 Å². The molecular weight excluding hydrogens is 363 g/mol. The summed E-state index contributed by atoms with van der Waals surface area (Å²) < 4.78 is 0. The Morgan fingerprint density at radius 2 is 1.70 bits per heavy atom. The number of piperidine rings is 1. The third-order valence-electron chi connectivity index (χ3n) is 4.55. The standard InChI is InChI=1S/C15H30N4.HI/c1-2-18-10-8-5-9-14(18)13-17-15(16)19-11-6-3-4-7-12-19;/h14H,2-13H2,1H3,(H2,16,17);1H. The molecule has 2 N–H and O–H groups in total. The van der Waals surface area contributed by atoms with Gasteiger partial charge >= 0.3 is 0 Å². The normalized spacial score (nSPS) is 25.9. The van der Waals surface area contributed by atoms with Crippen molar-refractivity contribution in [3.63, 3.8) is 0 Å². The zero-order chi connectivity index (χ0) is 13.5. The predicted octanol–water partition coefficient (Wildman–Crippen LogP) is 2.67. The van der Waals surface area contributed by atoms with Crippen molar-refractivity contribution in [2.75, 3.05) is 32.7 Å². The number of hydrogen-bond acceptors (Lipinski definition) is 2. The quantitative estimate of drug-likeness (QED) is 0.455. The van der Waals surface area contributed by atoms with Crippen LogP contribution >= 0.6 is 24.0 Å². The Morgan fingerprint density at radius 3 is 2.35 bits per heavy atom. The summed E-state index contributed by atoms with van der Waals surface area (Å²) in [6.07, 6.45) is 9.19. The van der Waals surface area contributed by atoms with Crippen molar-refractivity contribution in [1.29, 1.82) is 0 Å². The lowest BCUT2D eigenvalue weighted by Crippen LogP contribution is -2.43. The van der Waals surface area contributed by atoms with E-state index >= 15 is 0 Å². The molecular formula is C15H31IN4. The molecule has 0 bridgehead atoms. The zero-order valence-corrected chi connectivity index (χ0v) is 15.2. The molecule has 0 saturated carbocycles. The molecule has 0 aliphatic carbocycles. The van der Waals surface area contributed by atoms with E-state index in [-0.39, 0.29) is 24.0 Å². The second-order valence-electron chi connectivity index (χ2n) is 5.88. The number of likely N-dealkylation sites (N-methyl/N-ethyl adjacent to an activating group) is 1. The van der Waals surface area contributed by atoms with Gasteiger partial charge in [0.15, 0.2) is 5.96 Å². The van der Waals surface area contributed by atoms with Gasteiger partial charge in [-0.05, 0) is 38.8 Å². The fraction of sp³-hybridized carbons (Fsp3) is 0.933. The Kier molecular flexibility index (Phi) is 8.84. The van der Waals surface area contributed by atoms with Gasteiger partial charge in [-0.1, -0.05) is 26.2 Å². The molecule has 2 heterocycles. The molecule has 5 heteroatoms. The van der Waals surface area contributed by atoms with Crippen LogP contribution in [0.25, 0.3) is 0 Å². The molecule has 0 spiro atoms. The molecule has 2 aliphatic heterocycles. The minimum atomic E-state index is 0. The number of likely N-dealkylation sites (tertiary alicyclic amines) is 2. The van der Waals surface area contributed by atoms with Gasteiger partial charge in [-0.3, -0.25) is 9.89 Å². The molecule has 4 nitrogen and oxygen atoms in total. The molecule has 0 aromatic rings. The second-order valence-corrected chi connectivity index (χ2v) is 5.88. The molecule has 1 atom stereocenters. The van der Waals surface area contributed by atoms with Crippen molar-refractivity contribution in [1.82, 2.24) is 9.80 Å². The van der Waals surface area contributed by atoms with E-state index in [0.717, 1.165) is 32.1 Å². The van der Waals surface area contributed by atoms with Gasteiger partial charge in [0.25, 0.3) is 0 Å². The van der Waals surface area contributed by atoms with E-state index in [2.05, 4.69) is 16.7 Å². The van der Waals surface area contributed by atoms with Gasteiger partial charge < -0.3 is 10.6 Å². The predicted molar refractivity (Wildman–Crippen MR) is 96.8 cm³/mol. The minimum Gasteiger partial charge on any atom is -0.370 e. The van der Waals surface area contributed by atoms with Gasteiger partial charge in [-0.15, -0.1) is 24.0 Å². The van der Waals surface area contributed by atoms with Gasteiger partial charge in [-0.25, -0.2) is 0 Å². The molecule has 0 amide bonds. The van der Waals surface area contributed by atoms with E-state index in [0.29, 0.717) is 6.04 Å². The van der Waals surface area contributed by atoms with Crippen LogP contribution in [0.1, 0.15) is 51.9 Å². The molecule has 0 radical (unpaired) electrons. The van der Waals surface area contributed by atoms with Crippen LogP contribution in [0.15, 0.2) is 4.99 Å². The third-order valence-corrected chi connectivity index (χ3v) is 4.55. The van der Waals surface area contributed by atoms with Crippen LogP contribution in [0.2, 0.25) is 0 Å². The molecule has 2 fully saturated rings. The molecule has 2 saturated heterocycles. The fourth-order valence-electron chi connectivity index (χ4n) is 3.28. The number of aliphatic imine (C=N–C) groups is 1. The first-order chi connectivity index (χ1) is 9.31. The Hall–Kier alpha value is -0.0400. The summed E-state index contributed by atoms with van der Waals surface area (Å²) in [4.78, 5) is 9.53. The largest absolute Gasteiger partial charge is 0.370 e. The number of hydrogen-bond donors (Lipinski definition) is 1. The van der Waals surface area contributed by atoms with Crippen LogP contribution in [-0.4, -0.2) is 54.5 Å². The van der Waals surface area contributed by atoms with Crippen LogP contribution < -0.4 is 5.73 Å². The Morgan fingerprint density at radius 1 is 1.05 bits per heavy atom. The fourth-order valence-corrected chi connectivity index (χ4v) is 3.28. The maximum absolute atomic E-state index is 6.18. The Balaban J connectivity index is 0.00000200. The van der Waals surface area contributed by atoms with Crippen LogP contribution in [-0.2, 0) is 0 Å². The number of guanidine groups is 1. The number of halogens is 1. The lowest BCUT2D eigenvalue weighted by atomic mass is 10.0. The summed E-state index contributed by atoms with van der Waals surface area (Å²) in [6, 6.07) is 0.615. The maximum atomic E-state index is 6.18. The van der Waals surface area contributed by atoms with Crippen molar-refractivity contribution < 1.29 is 0 Å². The van der Waals surface area contributed by atoms with E-state index in [1.807, 2.05) is 0 Å². The lowest BCUT2D eigenvalue weighted by molar-refractivity contribution is 0.161. The van der Waals surface area contributed by atoms with E-state index in [1.165, 1.54) is 51.5 Å². The van der Waals surface area contributed by atoms with Crippen molar-refractivity contribution in [2.24, 2.45) is 10.7 Å². The van der Waals surface area contributed by atoms with Gasteiger partial charge in [0.05, 0.1) is 6.54 Å². The first-order valence-electron chi connectivity index (χ1n) is 8.10. The van der Waals surface area contributed by atoms with Crippen LogP contribution in [0.3, 0.4) is 0 Å². The van der Waals surface area contributed by atoms with E-state index in [4.69, 9.17) is 10.7 Å². The molecule has 0 aromatic heterocycles. The van der Waals surface area contributed by atoms with Gasteiger partial charge in [-0.2, -0.15) is 0 Å².